The average molecular weight is 436 g/mol. The van der Waals surface area contributed by atoms with Crippen molar-refractivity contribution in [2.75, 3.05) is 38.2 Å². The molecule has 2 saturated heterocycles. The van der Waals surface area contributed by atoms with Crippen molar-refractivity contribution in [3.05, 3.63) is 24.3 Å². The molecule has 2 heterocycles. The molecule has 3 aliphatic rings. The SMILES string of the molecule is O=C(Nc1ccc(S(=O)(=O)N2CCOCC2)cc1)C1CC(=O)N(C2CCCCC2)C1. The first-order valence-electron chi connectivity index (χ1n) is 10.7. The monoisotopic (exact) mass is 435 g/mol. The molecule has 1 aromatic rings. The van der Waals surface area contributed by atoms with Crippen LogP contribution in [0.25, 0.3) is 0 Å². The Morgan fingerprint density at radius 2 is 1.70 bits per heavy atom. The van der Waals surface area contributed by atoms with E-state index in [0.29, 0.717) is 38.5 Å². The molecule has 0 spiro atoms. The van der Waals surface area contributed by atoms with Gasteiger partial charge in [0, 0.05) is 37.8 Å². The average Bonchev–Trinajstić information content (AvgIpc) is 3.17. The maximum Gasteiger partial charge on any atom is 0.243 e. The molecule has 0 bridgehead atoms. The summed E-state index contributed by atoms with van der Waals surface area (Å²) >= 11 is 0. The Labute approximate surface area is 177 Å². The van der Waals surface area contributed by atoms with E-state index in [4.69, 9.17) is 4.74 Å². The molecular weight excluding hydrogens is 406 g/mol. The van der Waals surface area contributed by atoms with Gasteiger partial charge in [0.05, 0.1) is 24.0 Å². The summed E-state index contributed by atoms with van der Waals surface area (Å²) in [6.07, 6.45) is 5.81. The summed E-state index contributed by atoms with van der Waals surface area (Å²) in [5.74, 6) is -0.490. The van der Waals surface area contributed by atoms with Crippen LogP contribution in [0.3, 0.4) is 0 Å². The van der Waals surface area contributed by atoms with Crippen molar-refractivity contribution in [3.63, 3.8) is 0 Å². The minimum atomic E-state index is -3.56. The molecule has 9 heteroatoms. The van der Waals surface area contributed by atoms with Crippen molar-refractivity contribution in [1.29, 1.82) is 0 Å². The van der Waals surface area contributed by atoms with Crippen LogP contribution in [-0.2, 0) is 24.3 Å². The van der Waals surface area contributed by atoms with Gasteiger partial charge in [-0.15, -0.1) is 0 Å². The summed E-state index contributed by atoms with van der Waals surface area (Å²) < 4.78 is 32.0. The third-order valence-corrected chi connectivity index (χ3v) is 8.19. The van der Waals surface area contributed by atoms with Crippen molar-refractivity contribution in [2.45, 2.75) is 49.5 Å². The Balaban J connectivity index is 1.36. The van der Waals surface area contributed by atoms with Crippen LogP contribution in [0.2, 0.25) is 0 Å². The fraction of sp³-hybridized carbons (Fsp3) is 0.619. The quantitative estimate of drug-likeness (QED) is 0.761. The van der Waals surface area contributed by atoms with E-state index in [1.807, 2.05) is 4.90 Å². The van der Waals surface area contributed by atoms with E-state index in [1.54, 1.807) is 12.1 Å². The van der Waals surface area contributed by atoms with Crippen LogP contribution in [0.15, 0.2) is 29.2 Å². The lowest BCUT2D eigenvalue weighted by atomic mass is 9.94. The number of carbonyl (C=O) groups is 2. The van der Waals surface area contributed by atoms with Crippen molar-refractivity contribution >= 4 is 27.5 Å². The Hall–Kier alpha value is -1.97. The highest BCUT2D eigenvalue weighted by atomic mass is 32.2. The Morgan fingerprint density at radius 3 is 2.37 bits per heavy atom. The van der Waals surface area contributed by atoms with E-state index in [9.17, 15) is 18.0 Å². The van der Waals surface area contributed by atoms with E-state index in [1.165, 1.54) is 22.9 Å². The lowest BCUT2D eigenvalue weighted by molar-refractivity contribution is -0.130. The van der Waals surface area contributed by atoms with E-state index in [-0.39, 0.29) is 35.1 Å². The van der Waals surface area contributed by atoms with E-state index in [0.717, 1.165) is 25.7 Å². The van der Waals surface area contributed by atoms with Crippen LogP contribution >= 0.6 is 0 Å². The molecule has 2 amide bonds. The predicted molar refractivity (Wildman–Crippen MR) is 111 cm³/mol. The van der Waals surface area contributed by atoms with Crippen molar-refractivity contribution in [1.82, 2.24) is 9.21 Å². The van der Waals surface area contributed by atoms with Gasteiger partial charge in [0.2, 0.25) is 21.8 Å². The second-order valence-electron chi connectivity index (χ2n) is 8.27. The maximum atomic E-state index is 12.7. The molecule has 1 unspecified atom stereocenters. The van der Waals surface area contributed by atoms with Crippen molar-refractivity contribution < 1.29 is 22.7 Å². The number of nitrogens with one attached hydrogen (secondary N) is 1. The number of benzene rings is 1. The molecular formula is C21H29N3O5S. The number of anilines is 1. The number of carbonyl (C=O) groups excluding carboxylic acids is 2. The molecule has 1 saturated carbocycles. The van der Waals surface area contributed by atoms with Crippen LogP contribution in [0.4, 0.5) is 5.69 Å². The highest BCUT2D eigenvalue weighted by Crippen LogP contribution is 2.29. The molecule has 1 aromatic carbocycles. The molecule has 8 nitrogen and oxygen atoms in total. The predicted octanol–water partition coefficient (Wildman–Crippen LogP) is 1.83. The minimum Gasteiger partial charge on any atom is -0.379 e. The number of amides is 2. The van der Waals surface area contributed by atoms with Crippen LogP contribution in [0.1, 0.15) is 38.5 Å². The Morgan fingerprint density at radius 1 is 1.03 bits per heavy atom. The van der Waals surface area contributed by atoms with Crippen LogP contribution < -0.4 is 5.32 Å². The molecule has 164 valence electrons. The number of sulfonamides is 1. The number of hydrogen-bond acceptors (Lipinski definition) is 5. The Kier molecular flexibility index (Phi) is 6.40. The minimum absolute atomic E-state index is 0.0639. The standard InChI is InChI=1S/C21H29N3O5S/c25-20-14-16(15-24(20)18-4-2-1-3-5-18)21(26)22-17-6-8-19(9-7-17)30(27,28)23-10-12-29-13-11-23/h6-9,16,18H,1-5,10-15H2,(H,22,26). The van der Waals surface area contributed by atoms with Gasteiger partial charge in [0.15, 0.2) is 0 Å². The molecule has 0 aromatic heterocycles. The fourth-order valence-corrected chi connectivity index (χ4v) is 5.95. The van der Waals surface area contributed by atoms with Gasteiger partial charge in [-0.25, -0.2) is 8.42 Å². The molecule has 2 aliphatic heterocycles. The third kappa shape index (κ3) is 4.53. The highest BCUT2D eigenvalue weighted by molar-refractivity contribution is 7.89. The zero-order chi connectivity index (χ0) is 21.1. The molecule has 4 rings (SSSR count). The van der Waals surface area contributed by atoms with Gasteiger partial charge in [-0.05, 0) is 37.1 Å². The van der Waals surface area contributed by atoms with Crippen LogP contribution in [0.5, 0.6) is 0 Å². The number of morpholine rings is 1. The van der Waals surface area contributed by atoms with Crippen molar-refractivity contribution in [2.24, 2.45) is 5.92 Å². The number of rotatable bonds is 5. The number of ether oxygens (including phenoxy) is 1. The normalized spacial score (nSPS) is 24.2. The summed E-state index contributed by atoms with van der Waals surface area (Å²) in [6.45, 7) is 1.94. The molecule has 1 atom stereocenters. The zero-order valence-electron chi connectivity index (χ0n) is 17.1. The first-order chi connectivity index (χ1) is 14.4. The van der Waals surface area contributed by atoms with Gasteiger partial charge in [-0.3, -0.25) is 9.59 Å². The van der Waals surface area contributed by atoms with Gasteiger partial charge < -0.3 is 15.0 Å². The molecule has 1 N–H and O–H groups in total. The molecule has 30 heavy (non-hydrogen) atoms. The smallest absolute Gasteiger partial charge is 0.243 e. The van der Waals surface area contributed by atoms with Gasteiger partial charge in [-0.1, -0.05) is 19.3 Å². The first-order valence-corrected chi connectivity index (χ1v) is 12.2. The van der Waals surface area contributed by atoms with Gasteiger partial charge in [-0.2, -0.15) is 4.31 Å². The maximum absolute atomic E-state index is 12.7. The van der Waals surface area contributed by atoms with E-state index >= 15 is 0 Å². The second kappa shape index (κ2) is 9.03. The molecule has 0 radical (unpaired) electrons. The first kappa shape index (κ1) is 21.3. The number of hydrogen-bond donors (Lipinski definition) is 1. The summed E-state index contributed by atoms with van der Waals surface area (Å²) in [5.41, 5.74) is 0.532. The fourth-order valence-electron chi connectivity index (χ4n) is 4.54. The summed E-state index contributed by atoms with van der Waals surface area (Å²) in [6, 6.07) is 6.49. The molecule has 1 aliphatic carbocycles. The summed E-state index contributed by atoms with van der Waals surface area (Å²) in [5, 5.41) is 2.84. The zero-order valence-corrected chi connectivity index (χ0v) is 17.9. The molecule has 3 fully saturated rings. The summed E-state index contributed by atoms with van der Waals surface area (Å²) in [7, 11) is -3.56. The largest absolute Gasteiger partial charge is 0.379 e. The lowest BCUT2D eigenvalue weighted by Crippen LogP contribution is -2.40. The van der Waals surface area contributed by atoms with Gasteiger partial charge in [0.25, 0.3) is 0 Å². The van der Waals surface area contributed by atoms with E-state index in [2.05, 4.69) is 5.32 Å². The Bertz CT molecular complexity index is 874. The van der Waals surface area contributed by atoms with Crippen LogP contribution in [-0.4, -0.2) is 68.3 Å². The van der Waals surface area contributed by atoms with E-state index < -0.39 is 10.0 Å². The third-order valence-electron chi connectivity index (χ3n) is 6.27. The number of nitrogens with zero attached hydrogens (tertiary/aromatic N) is 2. The lowest BCUT2D eigenvalue weighted by Gasteiger charge is -2.31. The van der Waals surface area contributed by atoms with Crippen molar-refractivity contribution in [3.8, 4) is 0 Å². The second-order valence-corrected chi connectivity index (χ2v) is 10.2. The number of likely N-dealkylation sites (tertiary alicyclic amines) is 1. The van der Waals surface area contributed by atoms with Gasteiger partial charge in [0.1, 0.15) is 0 Å². The summed E-state index contributed by atoms with van der Waals surface area (Å²) in [4.78, 5) is 27.2. The van der Waals surface area contributed by atoms with Gasteiger partial charge >= 0.3 is 0 Å². The van der Waals surface area contributed by atoms with Crippen LogP contribution in [0, 0.1) is 5.92 Å². The highest BCUT2D eigenvalue weighted by Gasteiger charge is 2.38. The topological polar surface area (TPSA) is 96.0 Å².